The molecule has 0 spiro atoms. The molecule has 100 valence electrons. The minimum atomic E-state index is -0.0876. The van der Waals surface area contributed by atoms with Gasteiger partial charge in [-0.2, -0.15) is 0 Å². The van der Waals surface area contributed by atoms with Crippen LogP contribution < -0.4 is 5.73 Å². The van der Waals surface area contributed by atoms with Crippen LogP contribution in [0, 0.1) is 11.8 Å². The second-order valence-corrected chi connectivity index (χ2v) is 5.17. The molecule has 0 aliphatic carbocycles. The van der Waals surface area contributed by atoms with E-state index in [1.54, 1.807) is 0 Å². The van der Waals surface area contributed by atoms with Gasteiger partial charge in [-0.3, -0.25) is 4.79 Å². The summed E-state index contributed by atoms with van der Waals surface area (Å²) in [4.78, 5) is 13.9. The number of hydrogen-bond donors (Lipinski definition) is 1. The fraction of sp³-hybridized carbons (Fsp3) is 0.923. The lowest BCUT2D eigenvalue weighted by Gasteiger charge is -2.35. The van der Waals surface area contributed by atoms with Crippen molar-refractivity contribution in [1.29, 1.82) is 0 Å². The fourth-order valence-corrected chi connectivity index (χ4v) is 2.43. The molecular formula is C13H26N2O2. The SMILES string of the molecule is CCOC(=O)C(C)CN1CCCC(C(C)N)C1. The second kappa shape index (κ2) is 6.97. The third-order valence-electron chi connectivity index (χ3n) is 3.51. The number of hydrogen-bond acceptors (Lipinski definition) is 4. The number of nitrogens with two attached hydrogens (primary N) is 1. The molecule has 0 radical (unpaired) electrons. The number of piperidine rings is 1. The van der Waals surface area contributed by atoms with E-state index in [1.807, 2.05) is 13.8 Å². The highest BCUT2D eigenvalue weighted by Gasteiger charge is 2.25. The van der Waals surface area contributed by atoms with E-state index in [-0.39, 0.29) is 17.9 Å². The predicted octanol–water partition coefficient (Wildman–Crippen LogP) is 1.24. The molecule has 0 amide bonds. The van der Waals surface area contributed by atoms with Gasteiger partial charge in [-0.05, 0) is 39.2 Å². The van der Waals surface area contributed by atoms with Crippen LogP contribution in [-0.4, -0.2) is 43.2 Å². The summed E-state index contributed by atoms with van der Waals surface area (Å²) in [6.07, 6.45) is 2.39. The molecular weight excluding hydrogens is 216 g/mol. The van der Waals surface area contributed by atoms with Gasteiger partial charge in [0.25, 0.3) is 0 Å². The van der Waals surface area contributed by atoms with Crippen LogP contribution in [0.3, 0.4) is 0 Å². The van der Waals surface area contributed by atoms with E-state index in [0.717, 1.165) is 19.6 Å². The molecule has 17 heavy (non-hydrogen) atoms. The Balaban J connectivity index is 2.37. The summed E-state index contributed by atoms with van der Waals surface area (Å²) in [5, 5.41) is 0. The van der Waals surface area contributed by atoms with Crippen LogP contribution >= 0.6 is 0 Å². The van der Waals surface area contributed by atoms with Gasteiger partial charge in [0.1, 0.15) is 0 Å². The van der Waals surface area contributed by atoms with Crippen LogP contribution in [0.1, 0.15) is 33.6 Å². The van der Waals surface area contributed by atoms with Crippen molar-refractivity contribution in [3.05, 3.63) is 0 Å². The van der Waals surface area contributed by atoms with Crippen LogP contribution in [0.4, 0.5) is 0 Å². The lowest BCUT2D eigenvalue weighted by Crippen LogP contribution is -2.44. The van der Waals surface area contributed by atoms with Crippen molar-refractivity contribution in [3.63, 3.8) is 0 Å². The topological polar surface area (TPSA) is 55.6 Å². The van der Waals surface area contributed by atoms with E-state index in [2.05, 4.69) is 11.8 Å². The average molecular weight is 242 g/mol. The molecule has 1 aliphatic heterocycles. The van der Waals surface area contributed by atoms with Gasteiger partial charge < -0.3 is 15.4 Å². The summed E-state index contributed by atoms with van der Waals surface area (Å²) in [5.74, 6) is 0.440. The van der Waals surface area contributed by atoms with Crippen molar-refractivity contribution in [2.24, 2.45) is 17.6 Å². The number of carbonyl (C=O) groups is 1. The molecule has 1 aliphatic rings. The Kier molecular flexibility index (Phi) is 5.92. The number of ether oxygens (including phenoxy) is 1. The van der Waals surface area contributed by atoms with Gasteiger partial charge in [0.15, 0.2) is 0 Å². The monoisotopic (exact) mass is 242 g/mol. The first-order valence-electron chi connectivity index (χ1n) is 6.69. The zero-order valence-electron chi connectivity index (χ0n) is 11.3. The molecule has 0 aromatic heterocycles. The highest BCUT2D eigenvalue weighted by Crippen LogP contribution is 2.19. The van der Waals surface area contributed by atoms with Gasteiger partial charge in [-0.1, -0.05) is 6.92 Å². The van der Waals surface area contributed by atoms with Crippen molar-refractivity contribution < 1.29 is 9.53 Å². The molecule has 1 fully saturated rings. The molecule has 3 unspecified atom stereocenters. The summed E-state index contributed by atoms with van der Waals surface area (Å²) in [6.45, 7) is 9.20. The minimum absolute atomic E-state index is 0.0400. The van der Waals surface area contributed by atoms with Crippen LogP contribution in [0.15, 0.2) is 0 Å². The van der Waals surface area contributed by atoms with E-state index in [9.17, 15) is 4.79 Å². The largest absolute Gasteiger partial charge is 0.466 e. The number of carbonyl (C=O) groups excluding carboxylic acids is 1. The minimum Gasteiger partial charge on any atom is -0.466 e. The quantitative estimate of drug-likeness (QED) is 0.737. The van der Waals surface area contributed by atoms with Crippen molar-refractivity contribution in [3.8, 4) is 0 Å². The van der Waals surface area contributed by atoms with Crippen molar-refractivity contribution in [2.75, 3.05) is 26.2 Å². The lowest BCUT2D eigenvalue weighted by atomic mass is 9.91. The zero-order valence-corrected chi connectivity index (χ0v) is 11.3. The van der Waals surface area contributed by atoms with E-state index >= 15 is 0 Å². The van der Waals surface area contributed by atoms with E-state index in [1.165, 1.54) is 12.8 Å². The second-order valence-electron chi connectivity index (χ2n) is 5.17. The molecule has 0 aromatic carbocycles. The fourth-order valence-electron chi connectivity index (χ4n) is 2.43. The van der Waals surface area contributed by atoms with E-state index in [0.29, 0.717) is 12.5 Å². The third kappa shape index (κ3) is 4.64. The molecule has 1 heterocycles. The van der Waals surface area contributed by atoms with Gasteiger partial charge >= 0.3 is 5.97 Å². The van der Waals surface area contributed by atoms with Gasteiger partial charge in [-0.15, -0.1) is 0 Å². The first-order chi connectivity index (χ1) is 8.04. The van der Waals surface area contributed by atoms with Crippen molar-refractivity contribution >= 4 is 5.97 Å². The summed E-state index contributed by atoms with van der Waals surface area (Å²) < 4.78 is 5.03. The molecule has 1 rings (SSSR count). The Bertz CT molecular complexity index is 244. The van der Waals surface area contributed by atoms with E-state index in [4.69, 9.17) is 10.5 Å². The smallest absolute Gasteiger partial charge is 0.309 e. The molecule has 3 atom stereocenters. The number of nitrogens with zero attached hydrogens (tertiary/aromatic N) is 1. The Labute approximate surface area is 104 Å². The average Bonchev–Trinajstić information content (AvgIpc) is 2.29. The first kappa shape index (κ1) is 14.5. The van der Waals surface area contributed by atoms with Crippen molar-refractivity contribution in [1.82, 2.24) is 4.90 Å². The zero-order chi connectivity index (χ0) is 12.8. The van der Waals surface area contributed by atoms with Gasteiger partial charge in [-0.25, -0.2) is 0 Å². The van der Waals surface area contributed by atoms with Crippen LogP contribution in [0.2, 0.25) is 0 Å². The molecule has 0 saturated carbocycles. The molecule has 1 saturated heterocycles. The predicted molar refractivity (Wildman–Crippen MR) is 68.6 cm³/mol. The van der Waals surface area contributed by atoms with E-state index < -0.39 is 0 Å². The Hall–Kier alpha value is -0.610. The van der Waals surface area contributed by atoms with Gasteiger partial charge in [0.2, 0.25) is 0 Å². The number of esters is 1. The summed E-state index contributed by atoms with van der Waals surface area (Å²) >= 11 is 0. The maximum Gasteiger partial charge on any atom is 0.309 e. The number of likely N-dealkylation sites (tertiary alicyclic amines) is 1. The summed E-state index contributed by atoms with van der Waals surface area (Å²) in [6, 6.07) is 0.246. The lowest BCUT2D eigenvalue weighted by molar-refractivity contribution is -0.148. The van der Waals surface area contributed by atoms with Crippen LogP contribution in [0.25, 0.3) is 0 Å². The van der Waals surface area contributed by atoms with Crippen LogP contribution in [-0.2, 0) is 9.53 Å². The molecule has 0 aromatic rings. The number of rotatable bonds is 5. The Morgan fingerprint density at radius 3 is 2.82 bits per heavy atom. The maximum absolute atomic E-state index is 11.6. The van der Waals surface area contributed by atoms with Crippen molar-refractivity contribution in [2.45, 2.75) is 39.7 Å². The highest BCUT2D eigenvalue weighted by molar-refractivity contribution is 5.72. The van der Waals surface area contributed by atoms with Gasteiger partial charge in [0, 0.05) is 19.1 Å². The maximum atomic E-state index is 11.6. The molecule has 4 nitrogen and oxygen atoms in total. The standard InChI is InChI=1S/C13H26N2O2/c1-4-17-13(16)10(2)8-15-7-5-6-12(9-15)11(3)14/h10-12H,4-9,14H2,1-3H3. The Morgan fingerprint density at radius 1 is 1.53 bits per heavy atom. The molecule has 0 bridgehead atoms. The summed E-state index contributed by atoms with van der Waals surface area (Å²) in [7, 11) is 0. The van der Waals surface area contributed by atoms with Gasteiger partial charge in [0.05, 0.1) is 12.5 Å². The van der Waals surface area contributed by atoms with Crippen LogP contribution in [0.5, 0.6) is 0 Å². The highest BCUT2D eigenvalue weighted by atomic mass is 16.5. The molecule has 2 N–H and O–H groups in total. The first-order valence-corrected chi connectivity index (χ1v) is 6.69. The Morgan fingerprint density at radius 2 is 2.24 bits per heavy atom. The molecule has 4 heteroatoms. The third-order valence-corrected chi connectivity index (χ3v) is 3.51. The summed E-state index contributed by atoms with van der Waals surface area (Å²) in [5.41, 5.74) is 5.95. The normalized spacial score (nSPS) is 25.3.